The largest absolute Gasteiger partial charge is 0.363 e. The van der Waals surface area contributed by atoms with E-state index in [1.54, 1.807) is 11.3 Å². The second-order valence-corrected chi connectivity index (χ2v) is 6.87. The van der Waals surface area contributed by atoms with Crippen LogP contribution in [0.1, 0.15) is 10.7 Å². The number of hydrogen-bond acceptors (Lipinski definition) is 8. The second kappa shape index (κ2) is 7.11. The summed E-state index contributed by atoms with van der Waals surface area (Å²) in [6.45, 7) is 5.50. The minimum Gasteiger partial charge on any atom is -0.363 e. The molecule has 0 radical (unpaired) electrons. The zero-order valence-corrected chi connectivity index (χ0v) is 14.4. The second-order valence-electron chi connectivity index (χ2n) is 5.81. The van der Waals surface area contributed by atoms with Crippen molar-refractivity contribution in [3.05, 3.63) is 54.5 Å². The van der Waals surface area contributed by atoms with Crippen LogP contribution >= 0.6 is 11.3 Å². The summed E-state index contributed by atoms with van der Waals surface area (Å²) in [4.78, 5) is 29.6. The van der Waals surface area contributed by atoms with E-state index < -0.39 is 9.85 Å². The number of hydrogen-bond donors (Lipinski definition) is 0. The Morgan fingerprint density at radius 1 is 1.16 bits per heavy atom. The van der Waals surface area contributed by atoms with Crippen LogP contribution in [0.5, 0.6) is 0 Å². The molecule has 1 fully saturated rings. The highest BCUT2D eigenvalue weighted by atomic mass is 32.1. The minimum atomic E-state index is -0.620. The van der Waals surface area contributed by atoms with E-state index in [-0.39, 0.29) is 11.4 Å². The van der Waals surface area contributed by atoms with Crippen molar-refractivity contribution in [2.24, 2.45) is 0 Å². The number of aryl methyl sites for hydroxylation is 1. The monoisotopic (exact) mass is 363 g/mol. The van der Waals surface area contributed by atoms with Gasteiger partial charge in [-0.25, -0.2) is 4.98 Å². The molecule has 0 bridgehead atoms. The van der Waals surface area contributed by atoms with Crippen molar-refractivity contribution in [2.75, 3.05) is 31.1 Å². The first-order valence-corrected chi connectivity index (χ1v) is 8.63. The van der Waals surface area contributed by atoms with E-state index in [0.29, 0.717) is 18.8 Å². The third kappa shape index (κ3) is 3.91. The molecule has 1 aliphatic rings. The lowest BCUT2D eigenvalue weighted by atomic mass is 10.2. The number of thiazole rings is 1. The van der Waals surface area contributed by atoms with Gasteiger partial charge in [-0.15, -0.1) is 11.3 Å². The summed E-state index contributed by atoms with van der Waals surface area (Å²) in [7, 11) is 0. The first-order chi connectivity index (χ1) is 11.9. The van der Waals surface area contributed by atoms with Crippen molar-refractivity contribution in [3.8, 4) is 0 Å². The van der Waals surface area contributed by atoms with Gasteiger partial charge in [-0.2, -0.15) is 0 Å². The molecule has 1 aromatic heterocycles. The van der Waals surface area contributed by atoms with Crippen LogP contribution in [-0.4, -0.2) is 45.9 Å². The summed E-state index contributed by atoms with van der Waals surface area (Å²) in [5.74, 6) is 0. The SMILES string of the molecule is Cc1nc(CN2CCN(c3ccc([N+](=O)[O-])cc3[N+](=O)[O-])CC2)cs1. The highest BCUT2D eigenvalue weighted by molar-refractivity contribution is 7.09. The lowest BCUT2D eigenvalue weighted by Crippen LogP contribution is -2.46. The highest BCUT2D eigenvalue weighted by Crippen LogP contribution is 2.32. The Bertz CT molecular complexity index is 801. The molecule has 0 unspecified atom stereocenters. The summed E-state index contributed by atoms with van der Waals surface area (Å²) >= 11 is 1.62. The van der Waals surface area contributed by atoms with Crippen LogP contribution in [0.25, 0.3) is 0 Å². The molecule has 9 nitrogen and oxygen atoms in total. The number of rotatable bonds is 5. The van der Waals surface area contributed by atoms with E-state index >= 15 is 0 Å². The van der Waals surface area contributed by atoms with E-state index in [2.05, 4.69) is 9.88 Å². The van der Waals surface area contributed by atoms with Crippen LogP contribution in [0, 0.1) is 27.2 Å². The van der Waals surface area contributed by atoms with Crippen molar-refractivity contribution in [1.82, 2.24) is 9.88 Å². The van der Waals surface area contributed by atoms with Gasteiger partial charge in [0.15, 0.2) is 0 Å². The molecule has 1 saturated heterocycles. The fourth-order valence-electron chi connectivity index (χ4n) is 2.90. The van der Waals surface area contributed by atoms with E-state index in [4.69, 9.17) is 0 Å². The number of nitrogens with zero attached hydrogens (tertiary/aromatic N) is 5. The van der Waals surface area contributed by atoms with Crippen LogP contribution in [0.3, 0.4) is 0 Å². The summed E-state index contributed by atoms with van der Waals surface area (Å²) in [5, 5.41) is 25.2. The topological polar surface area (TPSA) is 106 Å². The number of anilines is 1. The van der Waals surface area contributed by atoms with Gasteiger partial charge < -0.3 is 4.90 Å². The third-order valence-corrected chi connectivity index (χ3v) is 4.95. The van der Waals surface area contributed by atoms with Gasteiger partial charge in [0.05, 0.1) is 26.6 Å². The molecule has 25 heavy (non-hydrogen) atoms. The molecule has 0 amide bonds. The highest BCUT2D eigenvalue weighted by Gasteiger charge is 2.26. The number of aromatic nitrogens is 1. The molecule has 0 N–H and O–H groups in total. The minimum absolute atomic E-state index is 0.224. The molecule has 0 atom stereocenters. The summed E-state index contributed by atoms with van der Waals surface area (Å²) in [5.41, 5.74) is 0.975. The Labute approximate surface area is 147 Å². The van der Waals surface area contributed by atoms with Gasteiger partial charge in [-0.3, -0.25) is 25.1 Å². The number of benzene rings is 1. The van der Waals surface area contributed by atoms with Gasteiger partial charge in [0.25, 0.3) is 11.4 Å². The van der Waals surface area contributed by atoms with E-state index in [1.807, 2.05) is 17.2 Å². The Morgan fingerprint density at radius 3 is 2.44 bits per heavy atom. The summed E-state index contributed by atoms with van der Waals surface area (Å²) in [6, 6.07) is 3.81. The Morgan fingerprint density at radius 2 is 1.88 bits per heavy atom. The maximum absolute atomic E-state index is 11.3. The number of nitro groups is 2. The molecule has 2 heterocycles. The van der Waals surface area contributed by atoms with Crippen LogP contribution in [-0.2, 0) is 6.54 Å². The van der Waals surface area contributed by atoms with Crippen LogP contribution in [0.15, 0.2) is 23.6 Å². The molecular formula is C15H17N5O4S. The average molecular weight is 363 g/mol. The van der Waals surface area contributed by atoms with Crippen molar-refractivity contribution in [2.45, 2.75) is 13.5 Å². The van der Waals surface area contributed by atoms with Crippen LogP contribution in [0.4, 0.5) is 17.1 Å². The third-order valence-electron chi connectivity index (χ3n) is 4.13. The van der Waals surface area contributed by atoms with Crippen LogP contribution in [0.2, 0.25) is 0 Å². The zero-order valence-electron chi connectivity index (χ0n) is 13.6. The van der Waals surface area contributed by atoms with Gasteiger partial charge in [0, 0.05) is 44.2 Å². The molecule has 2 aromatic rings. The summed E-state index contributed by atoms with van der Waals surface area (Å²) < 4.78 is 0. The Hall–Kier alpha value is -2.59. The van der Waals surface area contributed by atoms with Gasteiger partial charge in [-0.1, -0.05) is 0 Å². The van der Waals surface area contributed by atoms with Crippen molar-refractivity contribution in [3.63, 3.8) is 0 Å². The van der Waals surface area contributed by atoms with E-state index in [0.717, 1.165) is 36.4 Å². The predicted molar refractivity (Wildman–Crippen MR) is 94.1 cm³/mol. The molecule has 10 heteroatoms. The van der Waals surface area contributed by atoms with Gasteiger partial charge in [0.2, 0.25) is 0 Å². The van der Waals surface area contributed by atoms with Crippen molar-refractivity contribution >= 4 is 28.4 Å². The lowest BCUT2D eigenvalue weighted by Gasteiger charge is -2.35. The molecule has 0 spiro atoms. The fraction of sp³-hybridized carbons (Fsp3) is 0.400. The maximum atomic E-state index is 11.3. The number of nitro benzene ring substituents is 2. The number of piperazine rings is 1. The molecule has 3 rings (SSSR count). The Kier molecular flexibility index (Phi) is 4.91. The molecule has 0 aliphatic carbocycles. The molecule has 132 valence electrons. The maximum Gasteiger partial charge on any atom is 0.299 e. The number of non-ortho nitro benzene ring substituents is 1. The Balaban J connectivity index is 1.70. The molecule has 1 aromatic carbocycles. The van der Waals surface area contributed by atoms with E-state index in [1.165, 1.54) is 12.1 Å². The molecule has 1 aliphatic heterocycles. The van der Waals surface area contributed by atoms with Gasteiger partial charge in [-0.05, 0) is 13.0 Å². The van der Waals surface area contributed by atoms with Crippen molar-refractivity contribution in [1.29, 1.82) is 0 Å². The van der Waals surface area contributed by atoms with Gasteiger partial charge >= 0.3 is 0 Å². The standard InChI is InChI=1S/C15H17N5O4S/c1-11-16-12(10-25-11)9-17-4-6-18(7-5-17)14-3-2-13(19(21)22)8-15(14)20(23)24/h2-3,8,10H,4-7,9H2,1H3. The fourth-order valence-corrected chi connectivity index (χ4v) is 3.50. The van der Waals surface area contributed by atoms with Gasteiger partial charge in [0.1, 0.15) is 5.69 Å². The first-order valence-electron chi connectivity index (χ1n) is 7.75. The smallest absolute Gasteiger partial charge is 0.299 e. The molecular weight excluding hydrogens is 346 g/mol. The summed E-state index contributed by atoms with van der Waals surface area (Å²) in [6.07, 6.45) is 0. The van der Waals surface area contributed by atoms with Crippen LogP contribution < -0.4 is 4.90 Å². The quantitative estimate of drug-likeness (QED) is 0.594. The first kappa shape index (κ1) is 17.2. The van der Waals surface area contributed by atoms with Crippen molar-refractivity contribution < 1.29 is 9.85 Å². The average Bonchev–Trinajstić information content (AvgIpc) is 3.00. The molecule has 0 saturated carbocycles. The van der Waals surface area contributed by atoms with E-state index in [9.17, 15) is 20.2 Å². The zero-order chi connectivity index (χ0) is 18.0. The predicted octanol–water partition coefficient (Wildman–Crippen LogP) is 2.59. The lowest BCUT2D eigenvalue weighted by molar-refractivity contribution is -0.393. The normalized spacial score (nSPS) is 15.3.